The van der Waals surface area contributed by atoms with E-state index < -0.39 is 11.9 Å². The van der Waals surface area contributed by atoms with E-state index in [1.54, 1.807) is 6.07 Å². The third kappa shape index (κ3) is 3.28. The van der Waals surface area contributed by atoms with Crippen molar-refractivity contribution in [1.82, 2.24) is 4.98 Å². The zero-order chi connectivity index (χ0) is 13.1. The molecule has 2 nitrogen and oxygen atoms in total. The van der Waals surface area contributed by atoms with Gasteiger partial charge in [-0.15, -0.1) is 0 Å². The predicted molar refractivity (Wildman–Crippen MR) is 72.0 cm³/mol. The fourth-order valence-electron chi connectivity index (χ4n) is 1.62. The van der Waals surface area contributed by atoms with Crippen LogP contribution in [0.1, 0.15) is 17.2 Å². The van der Waals surface area contributed by atoms with Crippen LogP contribution in [0.2, 0.25) is 5.02 Å². The molecule has 0 amide bonds. The Balaban J connectivity index is 2.18. The van der Waals surface area contributed by atoms with Crippen LogP contribution in [0.25, 0.3) is 0 Å². The van der Waals surface area contributed by atoms with Crippen molar-refractivity contribution in [3.63, 3.8) is 0 Å². The van der Waals surface area contributed by atoms with Gasteiger partial charge in [-0.1, -0.05) is 33.6 Å². The van der Waals surface area contributed by atoms with E-state index in [1.165, 1.54) is 12.3 Å². The molecular formula is C13H10BrClFNO. The number of aliphatic hydroxyl groups excluding tert-OH is 1. The lowest BCUT2D eigenvalue weighted by Gasteiger charge is -2.12. The van der Waals surface area contributed by atoms with E-state index in [0.29, 0.717) is 17.0 Å². The van der Waals surface area contributed by atoms with Crippen LogP contribution in [-0.4, -0.2) is 10.1 Å². The van der Waals surface area contributed by atoms with Crippen LogP contribution in [0, 0.1) is 5.82 Å². The highest BCUT2D eigenvalue weighted by molar-refractivity contribution is 9.10. The van der Waals surface area contributed by atoms with Crippen molar-refractivity contribution in [2.75, 3.05) is 0 Å². The molecule has 2 aromatic rings. The number of hydrogen-bond acceptors (Lipinski definition) is 2. The Kier molecular flexibility index (Phi) is 4.32. The van der Waals surface area contributed by atoms with Crippen molar-refractivity contribution in [3.05, 3.63) is 63.1 Å². The molecule has 1 atom stereocenters. The van der Waals surface area contributed by atoms with Crippen molar-refractivity contribution in [2.24, 2.45) is 0 Å². The minimum atomic E-state index is -0.827. The first-order valence-electron chi connectivity index (χ1n) is 5.28. The van der Waals surface area contributed by atoms with Crippen LogP contribution in [0.15, 0.2) is 41.1 Å². The summed E-state index contributed by atoms with van der Waals surface area (Å²) in [5.41, 5.74) is 1.24. The molecule has 18 heavy (non-hydrogen) atoms. The molecule has 0 bridgehead atoms. The molecule has 1 unspecified atom stereocenters. The van der Waals surface area contributed by atoms with Crippen molar-refractivity contribution in [3.8, 4) is 0 Å². The molecule has 0 saturated carbocycles. The number of aliphatic hydroxyl groups is 1. The lowest BCUT2D eigenvalue weighted by molar-refractivity contribution is 0.177. The van der Waals surface area contributed by atoms with E-state index in [1.807, 2.05) is 12.1 Å². The third-order valence-corrected chi connectivity index (χ3v) is 3.38. The summed E-state index contributed by atoms with van der Waals surface area (Å²) < 4.78 is 13.9. The van der Waals surface area contributed by atoms with Crippen molar-refractivity contribution < 1.29 is 9.50 Å². The number of pyridine rings is 1. The molecule has 0 aliphatic heterocycles. The van der Waals surface area contributed by atoms with Gasteiger partial charge in [0, 0.05) is 27.7 Å². The molecule has 0 aliphatic rings. The Morgan fingerprint density at radius 3 is 2.78 bits per heavy atom. The van der Waals surface area contributed by atoms with E-state index >= 15 is 0 Å². The number of aromatic nitrogens is 1. The van der Waals surface area contributed by atoms with Gasteiger partial charge in [0.25, 0.3) is 0 Å². The standard InChI is InChI=1S/C13H10BrClFNO/c14-10-2-1-8(12(15)5-10)4-13(18)9-3-11(16)7-17-6-9/h1-3,5-7,13,18H,4H2. The van der Waals surface area contributed by atoms with Gasteiger partial charge in [-0.2, -0.15) is 0 Å². The monoisotopic (exact) mass is 329 g/mol. The summed E-state index contributed by atoms with van der Waals surface area (Å²) in [4.78, 5) is 3.71. The Hall–Kier alpha value is -0.970. The largest absolute Gasteiger partial charge is 0.388 e. The zero-order valence-corrected chi connectivity index (χ0v) is 11.6. The van der Waals surface area contributed by atoms with Crippen LogP contribution in [-0.2, 0) is 6.42 Å². The topological polar surface area (TPSA) is 33.1 Å². The fraction of sp³-hybridized carbons (Fsp3) is 0.154. The first-order valence-corrected chi connectivity index (χ1v) is 6.46. The average molecular weight is 331 g/mol. The minimum Gasteiger partial charge on any atom is -0.388 e. The van der Waals surface area contributed by atoms with Gasteiger partial charge < -0.3 is 5.11 Å². The summed E-state index contributed by atoms with van der Waals surface area (Å²) in [7, 11) is 0. The molecule has 94 valence electrons. The summed E-state index contributed by atoms with van der Waals surface area (Å²) in [6.45, 7) is 0. The van der Waals surface area contributed by atoms with Crippen LogP contribution < -0.4 is 0 Å². The number of hydrogen-bond donors (Lipinski definition) is 1. The number of nitrogens with zero attached hydrogens (tertiary/aromatic N) is 1. The van der Waals surface area contributed by atoms with Crippen molar-refractivity contribution in [1.29, 1.82) is 0 Å². The van der Waals surface area contributed by atoms with Crippen molar-refractivity contribution >= 4 is 27.5 Å². The van der Waals surface area contributed by atoms with E-state index in [0.717, 1.165) is 16.2 Å². The summed E-state index contributed by atoms with van der Waals surface area (Å²) in [6.07, 6.45) is 2.03. The van der Waals surface area contributed by atoms with Gasteiger partial charge in [-0.05, 0) is 23.8 Å². The summed E-state index contributed by atoms with van der Waals surface area (Å²) in [6, 6.07) is 6.69. The van der Waals surface area contributed by atoms with Gasteiger partial charge in [0.15, 0.2) is 0 Å². The molecular weight excluding hydrogens is 321 g/mol. The molecule has 1 N–H and O–H groups in total. The van der Waals surface area contributed by atoms with Gasteiger partial charge >= 0.3 is 0 Å². The highest BCUT2D eigenvalue weighted by Gasteiger charge is 2.12. The van der Waals surface area contributed by atoms with Gasteiger partial charge in [0.05, 0.1) is 12.3 Å². The second-order valence-electron chi connectivity index (χ2n) is 3.89. The predicted octanol–water partition coefficient (Wildman–Crippen LogP) is 3.91. The quantitative estimate of drug-likeness (QED) is 0.925. The molecule has 0 spiro atoms. The molecule has 0 aliphatic carbocycles. The lowest BCUT2D eigenvalue weighted by atomic mass is 10.0. The molecule has 2 rings (SSSR count). The molecule has 5 heteroatoms. The number of rotatable bonds is 3. The van der Waals surface area contributed by atoms with Crippen LogP contribution >= 0.6 is 27.5 Å². The average Bonchev–Trinajstić information content (AvgIpc) is 2.32. The fourth-order valence-corrected chi connectivity index (χ4v) is 2.37. The maximum absolute atomic E-state index is 13.0. The summed E-state index contributed by atoms with van der Waals surface area (Å²) in [5, 5.41) is 10.6. The van der Waals surface area contributed by atoms with Gasteiger partial charge in [-0.3, -0.25) is 4.98 Å². The number of halogens is 3. The maximum Gasteiger partial charge on any atom is 0.141 e. The molecule has 1 heterocycles. The Labute approximate surface area is 118 Å². The minimum absolute atomic E-state index is 0.317. The van der Waals surface area contributed by atoms with Crippen LogP contribution in [0.3, 0.4) is 0 Å². The molecule has 1 aromatic heterocycles. The SMILES string of the molecule is OC(Cc1ccc(Br)cc1Cl)c1cncc(F)c1. The van der Waals surface area contributed by atoms with Gasteiger partial charge in [0.2, 0.25) is 0 Å². The summed E-state index contributed by atoms with van der Waals surface area (Å²) >= 11 is 9.37. The highest BCUT2D eigenvalue weighted by Crippen LogP contribution is 2.26. The van der Waals surface area contributed by atoms with Crippen molar-refractivity contribution in [2.45, 2.75) is 12.5 Å². The Morgan fingerprint density at radius 1 is 1.33 bits per heavy atom. The molecule has 1 aromatic carbocycles. The van der Waals surface area contributed by atoms with Crippen LogP contribution in [0.4, 0.5) is 4.39 Å². The van der Waals surface area contributed by atoms with Crippen LogP contribution in [0.5, 0.6) is 0 Å². The third-order valence-electron chi connectivity index (χ3n) is 2.54. The second-order valence-corrected chi connectivity index (χ2v) is 5.22. The first kappa shape index (κ1) is 13.5. The van der Waals surface area contributed by atoms with E-state index in [9.17, 15) is 9.50 Å². The van der Waals surface area contributed by atoms with E-state index in [4.69, 9.17) is 11.6 Å². The summed E-state index contributed by atoms with van der Waals surface area (Å²) in [5.74, 6) is -0.464. The lowest BCUT2D eigenvalue weighted by Crippen LogP contribution is -2.03. The molecule has 0 fully saturated rings. The zero-order valence-electron chi connectivity index (χ0n) is 9.28. The highest BCUT2D eigenvalue weighted by atomic mass is 79.9. The number of benzene rings is 1. The Bertz CT molecular complexity index is 564. The van der Waals surface area contributed by atoms with Gasteiger partial charge in [0.1, 0.15) is 5.82 Å². The first-order chi connectivity index (χ1) is 8.56. The smallest absolute Gasteiger partial charge is 0.141 e. The normalized spacial score (nSPS) is 12.4. The molecule has 0 saturated heterocycles. The Morgan fingerprint density at radius 2 is 2.11 bits per heavy atom. The van der Waals surface area contributed by atoms with E-state index in [-0.39, 0.29) is 0 Å². The van der Waals surface area contributed by atoms with Gasteiger partial charge in [-0.25, -0.2) is 4.39 Å². The second kappa shape index (κ2) is 5.78. The van der Waals surface area contributed by atoms with E-state index in [2.05, 4.69) is 20.9 Å². The molecule has 0 radical (unpaired) electrons. The maximum atomic E-state index is 13.0.